The van der Waals surface area contributed by atoms with Crippen LogP contribution in [-0.4, -0.2) is 75.9 Å². The Kier molecular flexibility index (Phi) is 12.1. The van der Waals surface area contributed by atoms with Crippen molar-refractivity contribution in [1.29, 1.82) is 0 Å². The molecular formula is C18H30N6O9. The van der Waals surface area contributed by atoms with Crippen LogP contribution < -0.4 is 33.2 Å². The lowest BCUT2D eigenvalue weighted by Crippen LogP contribution is -2.58. The highest BCUT2D eigenvalue weighted by Gasteiger charge is 2.33. The number of carboxylic acids is 2. The fraction of sp³-hybridized carbons (Fsp3) is 0.611. The van der Waals surface area contributed by atoms with Gasteiger partial charge in [-0.25, -0.2) is 4.79 Å². The second kappa shape index (κ2) is 13.6. The molecule has 15 heteroatoms. The highest BCUT2D eigenvalue weighted by molar-refractivity contribution is 5.97. The number of primary amides is 2. The Hall–Kier alpha value is -3.75. The largest absolute Gasteiger partial charge is 0.481 e. The lowest BCUT2D eigenvalue weighted by atomic mass is 9.98. The highest BCUT2D eigenvalue weighted by atomic mass is 16.4. The van der Waals surface area contributed by atoms with Crippen LogP contribution >= 0.6 is 0 Å². The number of amides is 5. The molecule has 11 N–H and O–H groups in total. The zero-order valence-electron chi connectivity index (χ0n) is 18.2. The van der Waals surface area contributed by atoms with E-state index in [1.54, 1.807) is 13.8 Å². The Balaban J connectivity index is 5.61. The summed E-state index contributed by atoms with van der Waals surface area (Å²) in [6.45, 7) is 3.26. The van der Waals surface area contributed by atoms with E-state index in [0.29, 0.717) is 6.42 Å². The van der Waals surface area contributed by atoms with E-state index in [0.717, 1.165) is 0 Å². The average Bonchev–Trinajstić information content (AvgIpc) is 2.68. The van der Waals surface area contributed by atoms with E-state index >= 15 is 0 Å². The zero-order chi connectivity index (χ0) is 25.9. The van der Waals surface area contributed by atoms with Gasteiger partial charge in [-0.15, -0.1) is 0 Å². The molecular weight excluding hydrogens is 444 g/mol. The van der Waals surface area contributed by atoms with E-state index < -0.39 is 90.8 Å². The van der Waals surface area contributed by atoms with E-state index in [1.807, 2.05) is 5.32 Å². The van der Waals surface area contributed by atoms with Gasteiger partial charge < -0.3 is 43.4 Å². The van der Waals surface area contributed by atoms with E-state index in [2.05, 4.69) is 10.6 Å². The summed E-state index contributed by atoms with van der Waals surface area (Å²) < 4.78 is 0. The molecule has 5 amide bonds. The van der Waals surface area contributed by atoms with Crippen LogP contribution in [0.25, 0.3) is 0 Å². The number of nitrogens with two attached hydrogens (primary N) is 3. The summed E-state index contributed by atoms with van der Waals surface area (Å²) in [7, 11) is 0. The standard InChI is InChI=1S/C18H30N6O9/c1-3-7(2)14(18(32)33)24-17(31)9(5-12(21)26)23-16(30)10(6-13(27)28)22-15(29)8(19)4-11(20)25/h7-10,14H,3-6,19H2,1-2H3,(H2,20,25)(H2,21,26)(H,22,29)(H,23,30)(H,24,31)(H,27,28)(H,32,33). The maximum atomic E-state index is 12.6. The molecule has 0 saturated carbocycles. The van der Waals surface area contributed by atoms with Gasteiger partial charge in [-0.05, 0) is 5.92 Å². The van der Waals surface area contributed by atoms with Gasteiger partial charge in [0.05, 0.1) is 25.3 Å². The van der Waals surface area contributed by atoms with Gasteiger partial charge in [0.2, 0.25) is 29.5 Å². The summed E-state index contributed by atoms with van der Waals surface area (Å²) in [6.07, 6.45) is -1.86. The minimum absolute atomic E-state index is 0.391. The lowest BCUT2D eigenvalue weighted by molar-refractivity contribution is -0.144. The topological polar surface area (TPSA) is 274 Å². The van der Waals surface area contributed by atoms with Gasteiger partial charge >= 0.3 is 11.9 Å². The van der Waals surface area contributed by atoms with Crippen molar-refractivity contribution in [3.63, 3.8) is 0 Å². The number of nitrogens with one attached hydrogen (secondary N) is 3. The summed E-state index contributed by atoms with van der Waals surface area (Å²) in [5.41, 5.74) is 15.5. The van der Waals surface area contributed by atoms with Gasteiger partial charge in [0, 0.05) is 0 Å². The third-order valence-electron chi connectivity index (χ3n) is 4.58. The summed E-state index contributed by atoms with van der Waals surface area (Å²) in [5, 5.41) is 24.7. The number of carboxylic acid groups (broad SMARTS) is 2. The number of carbonyl (C=O) groups excluding carboxylic acids is 5. The SMILES string of the molecule is CCC(C)C(NC(=O)C(CC(N)=O)NC(=O)C(CC(=O)O)NC(=O)C(N)CC(N)=O)C(=O)O. The van der Waals surface area contributed by atoms with Crippen LogP contribution in [0.4, 0.5) is 0 Å². The van der Waals surface area contributed by atoms with E-state index in [-0.39, 0.29) is 0 Å². The average molecular weight is 474 g/mol. The second-order valence-corrected chi connectivity index (χ2v) is 7.38. The molecule has 0 spiro atoms. The Morgan fingerprint density at radius 2 is 1.21 bits per heavy atom. The fourth-order valence-electron chi connectivity index (χ4n) is 2.59. The van der Waals surface area contributed by atoms with Crippen molar-refractivity contribution in [2.24, 2.45) is 23.1 Å². The van der Waals surface area contributed by atoms with Crippen LogP contribution in [0.3, 0.4) is 0 Å². The molecule has 0 aliphatic heterocycles. The molecule has 0 aliphatic rings. The summed E-state index contributed by atoms with van der Waals surface area (Å²) in [4.78, 5) is 82.1. The molecule has 0 radical (unpaired) electrons. The molecule has 5 atom stereocenters. The molecule has 0 aromatic rings. The van der Waals surface area contributed by atoms with Gasteiger partial charge in [0.1, 0.15) is 18.1 Å². The smallest absolute Gasteiger partial charge is 0.326 e. The van der Waals surface area contributed by atoms with Gasteiger partial charge in [0.15, 0.2) is 0 Å². The molecule has 0 heterocycles. The Morgan fingerprint density at radius 3 is 1.64 bits per heavy atom. The van der Waals surface area contributed by atoms with Gasteiger partial charge in [-0.3, -0.25) is 28.8 Å². The first-order valence-electron chi connectivity index (χ1n) is 9.87. The van der Waals surface area contributed by atoms with Crippen molar-refractivity contribution in [2.45, 2.75) is 63.7 Å². The summed E-state index contributed by atoms with van der Waals surface area (Å²) in [6, 6.07) is -6.21. The molecule has 0 fully saturated rings. The lowest BCUT2D eigenvalue weighted by Gasteiger charge is -2.25. The Labute approximate surface area is 188 Å². The van der Waals surface area contributed by atoms with Crippen LogP contribution in [-0.2, 0) is 33.6 Å². The van der Waals surface area contributed by atoms with Crippen molar-refractivity contribution in [3.8, 4) is 0 Å². The minimum atomic E-state index is -1.75. The molecule has 0 aliphatic carbocycles. The van der Waals surface area contributed by atoms with Crippen LogP contribution in [0.1, 0.15) is 39.5 Å². The third-order valence-corrected chi connectivity index (χ3v) is 4.58. The molecule has 33 heavy (non-hydrogen) atoms. The Morgan fingerprint density at radius 1 is 0.758 bits per heavy atom. The number of aliphatic carboxylic acids is 2. The van der Waals surface area contributed by atoms with Crippen molar-refractivity contribution in [2.75, 3.05) is 0 Å². The monoisotopic (exact) mass is 474 g/mol. The van der Waals surface area contributed by atoms with E-state index in [1.165, 1.54) is 0 Å². The van der Waals surface area contributed by atoms with Gasteiger partial charge in [-0.1, -0.05) is 20.3 Å². The predicted molar refractivity (Wildman–Crippen MR) is 111 cm³/mol. The number of hydrogen-bond donors (Lipinski definition) is 8. The molecule has 0 rings (SSSR count). The highest BCUT2D eigenvalue weighted by Crippen LogP contribution is 2.09. The molecule has 0 aromatic heterocycles. The summed E-state index contributed by atoms with van der Waals surface area (Å²) >= 11 is 0. The molecule has 0 saturated heterocycles. The quantitative estimate of drug-likeness (QED) is 0.114. The van der Waals surface area contributed by atoms with Crippen LogP contribution in [0.2, 0.25) is 0 Å². The van der Waals surface area contributed by atoms with Gasteiger partial charge in [0.25, 0.3) is 0 Å². The molecule has 0 aromatic carbocycles. The maximum Gasteiger partial charge on any atom is 0.326 e. The minimum Gasteiger partial charge on any atom is -0.481 e. The zero-order valence-corrected chi connectivity index (χ0v) is 18.2. The predicted octanol–water partition coefficient (Wildman–Crippen LogP) is -3.88. The second-order valence-electron chi connectivity index (χ2n) is 7.38. The maximum absolute atomic E-state index is 12.6. The molecule has 0 bridgehead atoms. The van der Waals surface area contributed by atoms with Crippen molar-refractivity contribution in [3.05, 3.63) is 0 Å². The molecule has 5 unspecified atom stereocenters. The van der Waals surface area contributed by atoms with Crippen molar-refractivity contribution >= 4 is 41.5 Å². The molecule has 186 valence electrons. The number of hydrogen-bond acceptors (Lipinski definition) is 8. The first-order chi connectivity index (χ1) is 15.2. The Bertz CT molecular complexity index is 787. The van der Waals surface area contributed by atoms with E-state index in [4.69, 9.17) is 22.3 Å². The third kappa shape index (κ3) is 10.9. The van der Waals surface area contributed by atoms with Crippen LogP contribution in [0, 0.1) is 5.92 Å². The van der Waals surface area contributed by atoms with E-state index in [9.17, 15) is 38.7 Å². The number of rotatable bonds is 15. The van der Waals surface area contributed by atoms with Crippen molar-refractivity contribution in [1.82, 2.24) is 16.0 Å². The first kappa shape index (κ1) is 29.2. The van der Waals surface area contributed by atoms with Crippen LogP contribution in [0.15, 0.2) is 0 Å². The molecule has 15 nitrogen and oxygen atoms in total. The van der Waals surface area contributed by atoms with Crippen molar-refractivity contribution < 1.29 is 43.8 Å². The van der Waals surface area contributed by atoms with Crippen LogP contribution in [0.5, 0.6) is 0 Å². The first-order valence-corrected chi connectivity index (χ1v) is 9.87. The van der Waals surface area contributed by atoms with Gasteiger partial charge in [-0.2, -0.15) is 0 Å². The number of carbonyl (C=O) groups is 7. The fourth-order valence-corrected chi connectivity index (χ4v) is 2.59. The normalized spacial score (nSPS) is 15.1. The summed E-state index contributed by atoms with van der Waals surface area (Å²) in [5.74, 6) is -8.58.